The summed E-state index contributed by atoms with van der Waals surface area (Å²) >= 11 is 0. The number of imidazole rings is 1. The second-order valence-corrected chi connectivity index (χ2v) is 6.78. The highest BCUT2D eigenvalue weighted by atomic mass is 16.2. The van der Waals surface area contributed by atoms with Crippen LogP contribution in [0.2, 0.25) is 0 Å². The highest BCUT2D eigenvalue weighted by molar-refractivity contribution is 5.95. The summed E-state index contributed by atoms with van der Waals surface area (Å²) in [5, 5.41) is 0. The molecule has 0 N–H and O–H groups in total. The number of fused-ring (bicyclic) bond motifs is 1. The van der Waals surface area contributed by atoms with Crippen LogP contribution in [0.15, 0.2) is 54.9 Å². The average molecular weight is 334 g/mol. The molecule has 1 aliphatic rings. The Balaban J connectivity index is 1.59. The molecule has 25 heavy (non-hydrogen) atoms. The van der Waals surface area contributed by atoms with Crippen LogP contribution in [0.3, 0.4) is 0 Å². The molecule has 0 radical (unpaired) electrons. The van der Waals surface area contributed by atoms with E-state index in [1.54, 1.807) is 0 Å². The molecule has 0 spiro atoms. The van der Waals surface area contributed by atoms with E-state index in [4.69, 9.17) is 0 Å². The number of carbonyl (C=O) groups is 1. The fraction of sp³-hybridized carbons (Fsp3) is 0.300. The second kappa shape index (κ2) is 6.24. The van der Waals surface area contributed by atoms with Gasteiger partial charge in [-0.15, -0.1) is 0 Å². The minimum Gasteiger partial charge on any atom is -0.378 e. The van der Waals surface area contributed by atoms with E-state index in [0.717, 1.165) is 35.4 Å². The molecule has 0 bridgehead atoms. The Hall–Kier alpha value is -2.82. The number of rotatable bonds is 5. The molecule has 0 unspecified atom stereocenters. The van der Waals surface area contributed by atoms with Crippen LogP contribution in [0.25, 0.3) is 5.65 Å². The van der Waals surface area contributed by atoms with Crippen molar-refractivity contribution < 1.29 is 4.79 Å². The number of nitrogens with zero attached hydrogens (tertiary/aromatic N) is 4. The van der Waals surface area contributed by atoms with Gasteiger partial charge in [0.05, 0.1) is 18.4 Å². The Bertz CT molecular complexity index is 893. The van der Waals surface area contributed by atoms with Gasteiger partial charge in [0.2, 0.25) is 0 Å². The third-order valence-electron chi connectivity index (χ3n) is 4.71. The van der Waals surface area contributed by atoms with Gasteiger partial charge in [0.1, 0.15) is 5.65 Å². The Morgan fingerprint density at radius 3 is 2.60 bits per heavy atom. The SMILES string of the molecule is CN(C)c1ccc(C(=O)N(Cc2cnc3ccccn23)C2CC2)cc1. The summed E-state index contributed by atoms with van der Waals surface area (Å²) in [5.41, 5.74) is 3.79. The Kier molecular flexibility index (Phi) is 3.92. The summed E-state index contributed by atoms with van der Waals surface area (Å²) < 4.78 is 2.05. The van der Waals surface area contributed by atoms with Crippen molar-refractivity contribution in [2.24, 2.45) is 0 Å². The van der Waals surface area contributed by atoms with Crippen LogP contribution in [-0.2, 0) is 6.54 Å². The van der Waals surface area contributed by atoms with Gasteiger partial charge in [0, 0.05) is 37.6 Å². The van der Waals surface area contributed by atoms with Crippen molar-refractivity contribution in [3.8, 4) is 0 Å². The van der Waals surface area contributed by atoms with Gasteiger partial charge >= 0.3 is 0 Å². The first kappa shape index (κ1) is 15.7. The third-order valence-corrected chi connectivity index (χ3v) is 4.71. The van der Waals surface area contributed by atoms with Gasteiger partial charge in [-0.25, -0.2) is 4.98 Å². The van der Waals surface area contributed by atoms with Crippen molar-refractivity contribution >= 4 is 17.2 Å². The zero-order valence-corrected chi connectivity index (χ0v) is 14.6. The summed E-state index contributed by atoms with van der Waals surface area (Å²) in [6.07, 6.45) is 6.03. The number of amides is 1. The van der Waals surface area contributed by atoms with Crippen LogP contribution in [0, 0.1) is 0 Å². The van der Waals surface area contributed by atoms with E-state index in [1.165, 1.54) is 0 Å². The molecule has 0 aliphatic heterocycles. The molecule has 2 heterocycles. The topological polar surface area (TPSA) is 40.9 Å². The van der Waals surface area contributed by atoms with E-state index in [0.29, 0.717) is 12.6 Å². The van der Waals surface area contributed by atoms with Crippen molar-refractivity contribution in [1.82, 2.24) is 14.3 Å². The number of carbonyl (C=O) groups excluding carboxylic acids is 1. The van der Waals surface area contributed by atoms with E-state index in [2.05, 4.69) is 9.38 Å². The van der Waals surface area contributed by atoms with Gasteiger partial charge in [-0.1, -0.05) is 6.07 Å². The first-order valence-electron chi connectivity index (χ1n) is 8.63. The molecular weight excluding hydrogens is 312 g/mol. The lowest BCUT2D eigenvalue weighted by molar-refractivity contribution is 0.0727. The summed E-state index contributed by atoms with van der Waals surface area (Å²) in [7, 11) is 4.00. The molecule has 5 heteroatoms. The zero-order valence-electron chi connectivity index (χ0n) is 14.6. The average Bonchev–Trinajstić information content (AvgIpc) is 3.40. The van der Waals surface area contributed by atoms with Gasteiger partial charge in [-0.3, -0.25) is 4.79 Å². The highest BCUT2D eigenvalue weighted by Crippen LogP contribution is 2.30. The molecule has 3 aromatic rings. The van der Waals surface area contributed by atoms with Gasteiger partial charge < -0.3 is 14.2 Å². The summed E-state index contributed by atoms with van der Waals surface area (Å²) in [6.45, 7) is 0.587. The number of hydrogen-bond donors (Lipinski definition) is 0. The molecule has 1 saturated carbocycles. The maximum Gasteiger partial charge on any atom is 0.254 e. The molecule has 5 nitrogen and oxygen atoms in total. The number of aromatic nitrogens is 2. The van der Waals surface area contributed by atoms with E-state index in [1.807, 2.05) is 78.8 Å². The van der Waals surface area contributed by atoms with E-state index >= 15 is 0 Å². The Morgan fingerprint density at radius 1 is 1.16 bits per heavy atom. The van der Waals surface area contributed by atoms with Crippen molar-refractivity contribution in [1.29, 1.82) is 0 Å². The predicted molar refractivity (Wildman–Crippen MR) is 98.9 cm³/mol. The minimum atomic E-state index is 0.0960. The van der Waals surface area contributed by atoms with Crippen molar-refractivity contribution in [2.45, 2.75) is 25.4 Å². The van der Waals surface area contributed by atoms with Crippen LogP contribution in [0.5, 0.6) is 0 Å². The van der Waals surface area contributed by atoms with E-state index < -0.39 is 0 Å². The Morgan fingerprint density at radius 2 is 1.92 bits per heavy atom. The lowest BCUT2D eigenvalue weighted by Crippen LogP contribution is -2.33. The standard InChI is InChI=1S/C20H22N4O/c1-22(2)16-8-6-15(7-9-16)20(25)24(17-10-11-17)14-18-13-21-19-5-3-4-12-23(18)19/h3-9,12-13,17H,10-11,14H2,1-2H3. The molecule has 0 atom stereocenters. The fourth-order valence-electron chi connectivity index (χ4n) is 3.10. The fourth-order valence-corrected chi connectivity index (χ4v) is 3.10. The molecule has 1 amide bonds. The van der Waals surface area contributed by atoms with E-state index in [9.17, 15) is 4.79 Å². The van der Waals surface area contributed by atoms with Gasteiger partial charge in [-0.2, -0.15) is 0 Å². The maximum absolute atomic E-state index is 13.1. The van der Waals surface area contributed by atoms with Crippen LogP contribution in [0.1, 0.15) is 28.9 Å². The number of pyridine rings is 1. The smallest absolute Gasteiger partial charge is 0.254 e. The van der Waals surface area contributed by atoms with Crippen LogP contribution in [0.4, 0.5) is 5.69 Å². The molecular formula is C20H22N4O. The van der Waals surface area contributed by atoms with Gasteiger partial charge in [0.25, 0.3) is 5.91 Å². The molecule has 2 aromatic heterocycles. The molecule has 4 rings (SSSR count). The molecule has 128 valence electrons. The highest BCUT2D eigenvalue weighted by Gasteiger charge is 2.33. The molecule has 1 fully saturated rings. The van der Waals surface area contributed by atoms with Crippen molar-refractivity contribution in [3.63, 3.8) is 0 Å². The lowest BCUT2D eigenvalue weighted by atomic mass is 10.1. The summed E-state index contributed by atoms with van der Waals surface area (Å²) in [4.78, 5) is 21.5. The third kappa shape index (κ3) is 3.09. The zero-order chi connectivity index (χ0) is 17.4. The van der Waals surface area contributed by atoms with Crippen LogP contribution < -0.4 is 4.90 Å². The predicted octanol–water partition coefficient (Wildman–Crippen LogP) is 3.21. The quantitative estimate of drug-likeness (QED) is 0.719. The summed E-state index contributed by atoms with van der Waals surface area (Å²) in [5.74, 6) is 0.0960. The van der Waals surface area contributed by atoms with Crippen LogP contribution in [-0.4, -0.2) is 40.3 Å². The minimum absolute atomic E-state index is 0.0960. The maximum atomic E-state index is 13.1. The first-order valence-corrected chi connectivity index (χ1v) is 8.63. The molecule has 0 saturated heterocycles. The largest absolute Gasteiger partial charge is 0.378 e. The first-order chi connectivity index (χ1) is 12.1. The van der Waals surface area contributed by atoms with Gasteiger partial charge in [-0.05, 0) is 49.2 Å². The monoisotopic (exact) mass is 334 g/mol. The Labute approximate surface area is 147 Å². The van der Waals surface area contributed by atoms with E-state index in [-0.39, 0.29) is 5.91 Å². The molecule has 1 aliphatic carbocycles. The normalized spacial score (nSPS) is 13.8. The van der Waals surface area contributed by atoms with Crippen molar-refractivity contribution in [3.05, 3.63) is 66.1 Å². The number of anilines is 1. The summed E-state index contributed by atoms with van der Waals surface area (Å²) in [6, 6.07) is 14.1. The second-order valence-electron chi connectivity index (χ2n) is 6.78. The molecule has 1 aromatic carbocycles. The number of benzene rings is 1. The lowest BCUT2D eigenvalue weighted by Gasteiger charge is -2.23. The van der Waals surface area contributed by atoms with Crippen LogP contribution >= 0.6 is 0 Å². The van der Waals surface area contributed by atoms with Crippen molar-refractivity contribution in [2.75, 3.05) is 19.0 Å². The van der Waals surface area contributed by atoms with Gasteiger partial charge in [0.15, 0.2) is 0 Å². The number of hydrogen-bond acceptors (Lipinski definition) is 3.